The van der Waals surface area contributed by atoms with Crippen LogP contribution in [0.1, 0.15) is 6.42 Å². The highest BCUT2D eigenvalue weighted by molar-refractivity contribution is 5.19. The number of hydrogen-bond donors (Lipinski definition) is 2. The largest absolute Gasteiger partial charge is 0.506 e. The summed E-state index contributed by atoms with van der Waals surface area (Å²) in [6.07, 6.45) is -0.698. The Morgan fingerprint density at radius 2 is 2.23 bits per heavy atom. The Balaban J connectivity index is 2.14. The van der Waals surface area contributed by atoms with Crippen LogP contribution in [0.3, 0.4) is 0 Å². The average Bonchev–Trinajstić information content (AvgIpc) is 2.85. The van der Waals surface area contributed by atoms with Crippen molar-refractivity contribution in [3.63, 3.8) is 0 Å². The van der Waals surface area contributed by atoms with Gasteiger partial charge in [-0.05, 0) is 0 Å². The van der Waals surface area contributed by atoms with Crippen molar-refractivity contribution in [3.05, 3.63) is 11.5 Å². The van der Waals surface area contributed by atoms with Crippen molar-refractivity contribution in [2.75, 3.05) is 13.7 Å². The molecule has 3 unspecified atom stereocenters. The molecule has 0 amide bonds. The first-order valence-electron chi connectivity index (χ1n) is 4.16. The summed E-state index contributed by atoms with van der Waals surface area (Å²) in [5.74, 6) is 0.463. The van der Waals surface area contributed by atoms with E-state index in [1.807, 2.05) is 0 Å². The van der Waals surface area contributed by atoms with Gasteiger partial charge in [-0.1, -0.05) is 0 Å². The molecule has 2 heterocycles. The predicted molar refractivity (Wildman–Crippen MR) is 41.9 cm³/mol. The number of rotatable bonds is 3. The monoisotopic (exact) mass is 188 g/mol. The standard InChI is InChI=1S/C8H12O5/c1-11-6-5(10)4(2-3-9)12-8-7(6)13-8/h4,7-10H,2-3H2,1H3. The second-order valence-electron chi connectivity index (χ2n) is 3.02. The maximum absolute atomic E-state index is 9.60. The second kappa shape index (κ2) is 3.17. The van der Waals surface area contributed by atoms with Crippen LogP contribution in [-0.2, 0) is 14.2 Å². The highest BCUT2D eigenvalue weighted by Crippen LogP contribution is 2.39. The van der Waals surface area contributed by atoms with Crippen molar-refractivity contribution < 1.29 is 24.4 Å². The van der Waals surface area contributed by atoms with Gasteiger partial charge in [-0.15, -0.1) is 0 Å². The quantitative estimate of drug-likeness (QED) is 0.605. The summed E-state index contributed by atoms with van der Waals surface area (Å²) in [7, 11) is 1.48. The number of aliphatic hydroxyl groups excluding tert-OH is 2. The Hall–Kier alpha value is -0.780. The van der Waals surface area contributed by atoms with Gasteiger partial charge in [0.25, 0.3) is 0 Å². The van der Waals surface area contributed by atoms with Crippen molar-refractivity contribution in [2.45, 2.75) is 24.9 Å². The SMILES string of the molecule is COC1=C(O)C(CCO)OC2OC12. The molecule has 2 aliphatic rings. The van der Waals surface area contributed by atoms with Crippen molar-refractivity contribution in [2.24, 2.45) is 0 Å². The normalized spacial score (nSPS) is 37.2. The Bertz CT molecular complexity index is 237. The van der Waals surface area contributed by atoms with Crippen LogP contribution >= 0.6 is 0 Å². The van der Waals surface area contributed by atoms with Crippen LogP contribution in [0.15, 0.2) is 11.5 Å². The van der Waals surface area contributed by atoms with Crippen LogP contribution in [0.2, 0.25) is 0 Å². The van der Waals surface area contributed by atoms with Gasteiger partial charge in [0.05, 0.1) is 7.11 Å². The van der Waals surface area contributed by atoms with Crippen LogP contribution in [0.5, 0.6) is 0 Å². The highest BCUT2D eigenvalue weighted by atomic mass is 16.8. The van der Waals surface area contributed by atoms with E-state index in [4.69, 9.17) is 19.3 Å². The van der Waals surface area contributed by atoms with Gasteiger partial charge in [-0.3, -0.25) is 0 Å². The molecule has 0 radical (unpaired) electrons. The van der Waals surface area contributed by atoms with Gasteiger partial charge in [0.1, 0.15) is 6.10 Å². The molecule has 0 aromatic carbocycles. The second-order valence-corrected chi connectivity index (χ2v) is 3.02. The Labute approximate surface area is 75.5 Å². The summed E-state index contributed by atoms with van der Waals surface area (Å²) in [6.45, 7) is -0.0386. The van der Waals surface area contributed by atoms with E-state index < -0.39 is 6.10 Å². The van der Waals surface area contributed by atoms with E-state index in [0.717, 1.165) is 0 Å². The average molecular weight is 188 g/mol. The topological polar surface area (TPSA) is 71.5 Å². The van der Waals surface area contributed by atoms with E-state index in [9.17, 15) is 5.11 Å². The fraction of sp³-hybridized carbons (Fsp3) is 0.750. The van der Waals surface area contributed by atoms with Gasteiger partial charge in [-0.2, -0.15) is 0 Å². The molecule has 5 nitrogen and oxygen atoms in total. The summed E-state index contributed by atoms with van der Waals surface area (Å²) in [5.41, 5.74) is 0. The van der Waals surface area contributed by atoms with Gasteiger partial charge in [0.15, 0.2) is 23.9 Å². The third-order valence-corrected chi connectivity index (χ3v) is 2.18. The summed E-state index contributed by atoms with van der Waals surface area (Å²) >= 11 is 0. The Kier molecular flexibility index (Phi) is 2.15. The predicted octanol–water partition coefficient (Wildman–Crippen LogP) is -0.0915. The molecule has 0 bridgehead atoms. The zero-order valence-electron chi connectivity index (χ0n) is 7.27. The van der Waals surface area contributed by atoms with Crippen LogP contribution in [0, 0.1) is 0 Å². The molecule has 0 aromatic rings. The smallest absolute Gasteiger partial charge is 0.193 e. The molecule has 2 rings (SSSR count). The van der Waals surface area contributed by atoms with Gasteiger partial charge in [-0.25, -0.2) is 0 Å². The molecule has 0 aromatic heterocycles. The highest BCUT2D eigenvalue weighted by Gasteiger charge is 2.52. The molecule has 1 saturated heterocycles. The van der Waals surface area contributed by atoms with Crippen molar-refractivity contribution in [1.82, 2.24) is 0 Å². The number of methoxy groups -OCH3 is 1. The molecule has 0 aliphatic carbocycles. The summed E-state index contributed by atoms with van der Waals surface area (Å²) < 4.78 is 15.3. The molecular formula is C8H12O5. The minimum absolute atomic E-state index is 0.0373. The first-order valence-corrected chi connectivity index (χ1v) is 4.16. The van der Waals surface area contributed by atoms with E-state index in [2.05, 4.69) is 0 Å². The summed E-state index contributed by atoms with van der Waals surface area (Å²) in [6, 6.07) is 0. The lowest BCUT2D eigenvalue weighted by Crippen LogP contribution is -2.27. The Morgan fingerprint density at radius 1 is 1.46 bits per heavy atom. The first kappa shape index (κ1) is 8.80. The van der Waals surface area contributed by atoms with Crippen LogP contribution in [-0.4, -0.2) is 42.4 Å². The lowest BCUT2D eigenvalue weighted by atomic mass is 10.1. The molecule has 0 saturated carbocycles. The minimum Gasteiger partial charge on any atom is -0.506 e. The van der Waals surface area contributed by atoms with Crippen molar-refractivity contribution in [3.8, 4) is 0 Å². The third kappa shape index (κ3) is 1.39. The molecule has 2 N–H and O–H groups in total. The lowest BCUT2D eigenvalue weighted by Gasteiger charge is -2.20. The zero-order chi connectivity index (χ0) is 9.42. The van der Waals surface area contributed by atoms with Crippen LogP contribution in [0.4, 0.5) is 0 Å². The molecule has 3 atom stereocenters. The maximum Gasteiger partial charge on any atom is 0.193 e. The van der Waals surface area contributed by atoms with E-state index in [1.165, 1.54) is 7.11 Å². The minimum atomic E-state index is -0.497. The molecule has 5 heteroatoms. The van der Waals surface area contributed by atoms with E-state index in [1.54, 1.807) is 0 Å². The van der Waals surface area contributed by atoms with E-state index >= 15 is 0 Å². The van der Waals surface area contributed by atoms with Gasteiger partial charge >= 0.3 is 0 Å². The van der Waals surface area contributed by atoms with E-state index in [-0.39, 0.29) is 24.8 Å². The fourth-order valence-electron chi connectivity index (χ4n) is 1.46. The van der Waals surface area contributed by atoms with Crippen LogP contribution in [0.25, 0.3) is 0 Å². The summed E-state index contributed by atoms with van der Waals surface area (Å²) in [4.78, 5) is 0. The molecule has 0 spiro atoms. The molecular weight excluding hydrogens is 176 g/mol. The van der Waals surface area contributed by atoms with Crippen molar-refractivity contribution >= 4 is 0 Å². The number of hydrogen-bond acceptors (Lipinski definition) is 5. The third-order valence-electron chi connectivity index (χ3n) is 2.18. The maximum atomic E-state index is 9.60. The van der Waals surface area contributed by atoms with Gasteiger partial charge < -0.3 is 24.4 Å². The molecule has 13 heavy (non-hydrogen) atoms. The first-order chi connectivity index (χ1) is 6.27. The Morgan fingerprint density at radius 3 is 2.85 bits per heavy atom. The lowest BCUT2D eigenvalue weighted by molar-refractivity contribution is -0.0291. The fourth-order valence-corrected chi connectivity index (χ4v) is 1.46. The van der Waals surface area contributed by atoms with Crippen LogP contribution < -0.4 is 0 Å². The van der Waals surface area contributed by atoms with Crippen molar-refractivity contribution in [1.29, 1.82) is 0 Å². The number of aliphatic hydroxyl groups is 2. The number of epoxide rings is 1. The molecule has 1 fully saturated rings. The van der Waals surface area contributed by atoms with Gasteiger partial charge in [0.2, 0.25) is 0 Å². The molecule has 2 aliphatic heterocycles. The number of ether oxygens (including phenoxy) is 3. The number of fused-ring (bicyclic) bond motifs is 1. The van der Waals surface area contributed by atoms with Gasteiger partial charge in [0, 0.05) is 13.0 Å². The molecule has 74 valence electrons. The zero-order valence-corrected chi connectivity index (χ0v) is 7.27. The van der Waals surface area contributed by atoms with E-state index in [0.29, 0.717) is 12.2 Å². The summed E-state index contributed by atoms with van der Waals surface area (Å²) in [5, 5.41) is 18.3.